The number of esters is 1. The third kappa shape index (κ3) is 5.45. The Kier molecular flexibility index (Phi) is 6.45. The molecular formula is C8H17O8PS. The Labute approximate surface area is 106 Å². The largest absolute Gasteiger partial charge is 0.459 e. The van der Waals surface area contributed by atoms with Crippen molar-refractivity contribution in [2.75, 3.05) is 20.5 Å². The lowest BCUT2D eigenvalue weighted by atomic mass is 10.4. The normalized spacial score (nSPS) is 16.1. The molecule has 18 heavy (non-hydrogen) atoms. The van der Waals surface area contributed by atoms with E-state index < -0.39 is 35.6 Å². The highest BCUT2D eigenvalue weighted by Crippen LogP contribution is 2.54. The Morgan fingerprint density at radius 3 is 1.94 bits per heavy atom. The van der Waals surface area contributed by atoms with E-state index in [1.807, 2.05) is 0 Å². The first-order chi connectivity index (χ1) is 8.05. The first-order valence-electron chi connectivity index (χ1n) is 4.82. The molecule has 0 rings (SSSR count). The molecule has 0 bridgehead atoms. The lowest BCUT2D eigenvalue weighted by Crippen LogP contribution is -2.33. The maximum atomic E-state index is 12.1. The van der Waals surface area contributed by atoms with Gasteiger partial charge in [-0.05, 0) is 6.92 Å². The van der Waals surface area contributed by atoms with Crippen molar-refractivity contribution in [2.45, 2.75) is 25.8 Å². The first-order valence-corrected chi connectivity index (χ1v) is 8.25. The summed E-state index contributed by atoms with van der Waals surface area (Å²) in [5.41, 5.74) is 0. The molecule has 0 saturated heterocycles. The molecule has 0 aliphatic rings. The molecule has 0 spiro atoms. The van der Waals surface area contributed by atoms with Crippen molar-refractivity contribution >= 4 is 23.7 Å². The third-order valence-electron chi connectivity index (χ3n) is 1.85. The zero-order chi connectivity index (χ0) is 14.6. The molecule has 0 heterocycles. The van der Waals surface area contributed by atoms with Gasteiger partial charge in [-0.3, -0.25) is 9.36 Å². The van der Waals surface area contributed by atoms with E-state index in [4.69, 9.17) is 4.74 Å². The van der Waals surface area contributed by atoms with E-state index in [0.29, 0.717) is 0 Å². The Morgan fingerprint density at radius 2 is 1.67 bits per heavy atom. The molecule has 0 radical (unpaired) electrons. The first kappa shape index (κ1) is 17.5. The molecule has 0 aliphatic heterocycles. The minimum atomic E-state index is -3.93. The van der Waals surface area contributed by atoms with Gasteiger partial charge < -0.3 is 13.8 Å². The van der Waals surface area contributed by atoms with Crippen LogP contribution in [0, 0.1) is 0 Å². The molecule has 108 valence electrons. The van der Waals surface area contributed by atoms with E-state index in [-0.39, 0.29) is 0 Å². The Bertz CT molecular complexity index is 422. The second kappa shape index (κ2) is 6.63. The summed E-state index contributed by atoms with van der Waals surface area (Å²) < 4.78 is 53.0. The fourth-order valence-corrected chi connectivity index (χ4v) is 3.71. The summed E-state index contributed by atoms with van der Waals surface area (Å²) >= 11 is 0. The quantitative estimate of drug-likeness (QED) is 0.385. The van der Waals surface area contributed by atoms with Crippen LogP contribution in [-0.2, 0) is 37.4 Å². The van der Waals surface area contributed by atoms with Crippen LogP contribution >= 0.6 is 7.60 Å². The average Bonchev–Trinajstić information content (AvgIpc) is 2.22. The number of hydrogen-bond donors (Lipinski definition) is 0. The SMILES string of the molecule is COP(=O)(OC)[C@H](OS(C)(=O)=O)[C@H](C)OC(C)=O. The monoisotopic (exact) mass is 304 g/mol. The highest BCUT2D eigenvalue weighted by atomic mass is 32.2. The van der Waals surface area contributed by atoms with Gasteiger partial charge in [-0.15, -0.1) is 0 Å². The van der Waals surface area contributed by atoms with Crippen molar-refractivity contribution in [3.05, 3.63) is 0 Å². The maximum Gasteiger partial charge on any atom is 0.364 e. The van der Waals surface area contributed by atoms with Crippen LogP contribution < -0.4 is 0 Å². The second-order valence-electron chi connectivity index (χ2n) is 3.41. The van der Waals surface area contributed by atoms with E-state index in [1.165, 1.54) is 6.92 Å². The fraction of sp³-hybridized carbons (Fsp3) is 0.875. The van der Waals surface area contributed by atoms with Crippen LogP contribution in [0.1, 0.15) is 13.8 Å². The Morgan fingerprint density at radius 1 is 1.22 bits per heavy atom. The topological polar surface area (TPSA) is 105 Å². The molecule has 10 heteroatoms. The summed E-state index contributed by atoms with van der Waals surface area (Å²) in [4.78, 5) is 10.8. The van der Waals surface area contributed by atoms with Gasteiger partial charge in [0.2, 0.25) is 5.85 Å². The van der Waals surface area contributed by atoms with Gasteiger partial charge in [0, 0.05) is 21.1 Å². The third-order valence-corrected chi connectivity index (χ3v) is 4.71. The van der Waals surface area contributed by atoms with Gasteiger partial charge in [-0.1, -0.05) is 0 Å². The molecule has 8 nitrogen and oxygen atoms in total. The number of ether oxygens (including phenoxy) is 1. The van der Waals surface area contributed by atoms with Crippen molar-refractivity contribution in [2.24, 2.45) is 0 Å². The number of rotatable bonds is 7. The Hall–Kier alpha value is -0.470. The predicted octanol–water partition coefficient (Wildman–Crippen LogP) is 0.726. The van der Waals surface area contributed by atoms with Gasteiger partial charge in [-0.25, -0.2) is 4.18 Å². The molecule has 0 fully saturated rings. The van der Waals surface area contributed by atoms with Crippen molar-refractivity contribution in [3.8, 4) is 0 Å². The number of carbonyl (C=O) groups excluding carboxylic acids is 1. The van der Waals surface area contributed by atoms with Crippen LogP contribution in [0.5, 0.6) is 0 Å². The summed E-state index contributed by atoms with van der Waals surface area (Å²) in [7, 11) is -5.66. The molecule has 0 saturated carbocycles. The number of carbonyl (C=O) groups is 1. The van der Waals surface area contributed by atoms with Crippen LogP contribution in [-0.4, -0.2) is 46.8 Å². The zero-order valence-corrected chi connectivity index (χ0v) is 12.5. The summed E-state index contributed by atoms with van der Waals surface area (Å²) in [6, 6.07) is 0. The van der Waals surface area contributed by atoms with E-state index in [0.717, 1.165) is 27.4 Å². The standard InChI is InChI=1S/C8H17O8PS/c1-6(15-7(2)9)8(16-18(5,11)12)17(10,13-3)14-4/h6,8H,1-5H3/t6-,8-/m0/s1. The van der Waals surface area contributed by atoms with Crippen molar-refractivity contribution in [1.29, 1.82) is 0 Å². The van der Waals surface area contributed by atoms with Crippen molar-refractivity contribution in [3.63, 3.8) is 0 Å². The molecule has 0 N–H and O–H groups in total. The second-order valence-corrected chi connectivity index (χ2v) is 7.33. The van der Waals surface area contributed by atoms with Crippen LogP contribution in [0.25, 0.3) is 0 Å². The lowest BCUT2D eigenvalue weighted by molar-refractivity contribution is -0.148. The highest BCUT2D eigenvalue weighted by Gasteiger charge is 2.43. The van der Waals surface area contributed by atoms with E-state index in [9.17, 15) is 17.8 Å². The van der Waals surface area contributed by atoms with Gasteiger partial charge in [-0.2, -0.15) is 8.42 Å². The minimum absolute atomic E-state index is 0.677. The smallest absolute Gasteiger partial charge is 0.364 e. The van der Waals surface area contributed by atoms with Crippen molar-refractivity contribution < 1.29 is 35.7 Å². The summed E-state index contributed by atoms with van der Waals surface area (Å²) in [5.74, 6) is -2.24. The summed E-state index contributed by atoms with van der Waals surface area (Å²) in [6.45, 7) is 2.44. The van der Waals surface area contributed by atoms with Gasteiger partial charge >= 0.3 is 13.6 Å². The van der Waals surface area contributed by atoms with E-state index in [1.54, 1.807) is 0 Å². The van der Waals surface area contributed by atoms with Crippen molar-refractivity contribution in [1.82, 2.24) is 0 Å². The van der Waals surface area contributed by atoms with E-state index >= 15 is 0 Å². The van der Waals surface area contributed by atoms with Crippen LogP contribution in [0.4, 0.5) is 0 Å². The molecule has 0 unspecified atom stereocenters. The zero-order valence-electron chi connectivity index (χ0n) is 10.8. The van der Waals surface area contributed by atoms with Crippen LogP contribution in [0.15, 0.2) is 0 Å². The van der Waals surface area contributed by atoms with Gasteiger partial charge in [0.25, 0.3) is 10.1 Å². The van der Waals surface area contributed by atoms with E-state index in [2.05, 4.69) is 13.2 Å². The average molecular weight is 304 g/mol. The van der Waals surface area contributed by atoms with Crippen LogP contribution in [0.3, 0.4) is 0 Å². The Balaban J connectivity index is 5.29. The lowest BCUT2D eigenvalue weighted by Gasteiger charge is -2.27. The van der Waals surface area contributed by atoms with Gasteiger partial charge in [0.05, 0.1) is 6.26 Å². The number of hydrogen-bond acceptors (Lipinski definition) is 8. The molecule has 0 aromatic rings. The summed E-state index contributed by atoms with van der Waals surface area (Å²) in [5, 5.41) is 0. The molecule has 0 amide bonds. The van der Waals surface area contributed by atoms with Gasteiger partial charge in [0.15, 0.2) is 0 Å². The maximum absolute atomic E-state index is 12.1. The summed E-state index contributed by atoms with van der Waals surface area (Å²) in [6.07, 6.45) is -0.348. The molecule has 0 aromatic heterocycles. The van der Waals surface area contributed by atoms with Gasteiger partial charge in [0.1, 0.15) is 6.10 Å². The highest BCUT2D eigenvalue weighted by molar-refractivity contribution is 7.86. The van der Waals surface area contributed by atoms with Crippen LogP contribution in [0.2, 0.25) is 0 Å². The minimum Gasteiger partial charge on any atom is -0.459 e. The molecular weight excluding hydrogens is 287 g/mol. The fourth-order valence-electron chi connectivity index (χ4n) is 1.17. The molecule has 0 aliphatic carbocycles. The molecule has 2 atom stereocenters. The predicted molar refractivity (Wildman–Crippen MR) is 62.6 cm³/mol. The molecule has 0 aromatic carbocycles.